The summed E-state index contributed by atoms with van der Waals surface area (Å²) in [6, 6.07) is 15.9. The van der Waals surface area contributed by atoms with Crippen molar-refractivity contribution >= 4 is 22.8 Å². The number of rotatable bonds is 4. The lowest BCUT2D eigenvalue weighted by Gasteiger charge is -2.34. The average molecular weight is 416 g/mol. The first-order valence-electron chi connectivity index (χ1n) is 10.2. The van der Waals surface area contributed by atoms with Crippen molar-refractivity contribution in [3.05, 3.63) is 84.1 Å². The molecule has 5 rings (SSSR count). The van der Waals surface area contributed by atoms with E-state index in [9.17, 15) is 9.18 Å². The number of nitrogens with zero attached hydrogens (tertiary/aromatic N) is 6. The third-order valence-electron chi connectivity index (χ3n) is 5.48. The van der Waals surface area contributed by atoms with Crippen LogP contribution in [0.3, 0.4) is 0 Å². The van der Waals surface area contributed by atoms with Gasteiger partial charge in [0.2, 0.25) is 5.95 Å². The number of para-hydroxylation sites is 1. The highest BCUT2D eigenvalue weighted by Gasteiger charge is 2.27. The smallest absolute Gasteiger partial charge is 0.275 e. The van der Waals surface area contributed by atoms with Crippen molar-refractivity contribution in [2.24, 2.45) is 0 Å². The van der Waals surface area contributed by atoms with Crippen molar-refractivity contribution in [3.63, 3.8) is 0 Å². The first kappa shape index (κ1) is 19.2. The van der Waals surface area contributed by atoms with Gasteiger partial charge in [-0.2, -0.15) is 5.10 Å². The van der Waals surface area contributed by atoms with Crippen molar-refractivity contribution in [1.29, 1.82) is 0 Å². The van der Waals surface area contributed by atoms with E-state index >= 15 is 0 Å². The zero-order valence-corrected chi connectivity index (χ0v) is 16.9. The summed E-state index contributed by atoms with van der Waals surface area (Å²) in [6.07, 6.45) is 3.44. The predicted molar refractivity (Wildman–Crippen MR) is 115 cm³/mol. The molecule has 4 aromatic rings. The number of benzene rings is 2. The summed E-state index contributed by atoms with van der Waals surface area (Å²) in [5, 5.41) is 5.43. The largest absolute Gasteiger partial charge is 0.337 e. The molecular weight excluding hydrogens is 395 g/mol. The molecular formula is C23H21FN6O. The van der Waals surface area contributed by atoms with Crippen LogP contribution < -0.4 is 4.90 Å². The minimum Gasteiger partial charge on any atom is -0.337 e. The molecule has 0 saturated carbocycles. The zero-order chi connectivity index (χ0) is 21.2. The number of hydrogen-bond donors (Lipinski definition) is 0. The van der Waals surface area contributed by atoms with Crippen molar-refractivity contribution in [1.82, 2.24) is 24.6 Å². The Kier molecular flexibility index (Phi) is 5.03. The number of piperazine rings is 1. The first-order chi connectivity index (χ1) is 15.2. The minimum absolute atomic E-state index is 0.0946. The normalized spacial score (nSPS) is 14.2. The van der Waals surface area contributed by atoms with Crippen LogP contribution in [0.5, 0.6) is 0 Å². The fourth-order valence-corrected chi connectivity index (χ4v) is 3.93. The Balaban J connectivity index is 1.38. The second-order valence-electron chi connectivity index (χ2n) is 7.48. The molecule has 1 aliphatic rings. The molecule has 0 bridgehead atoms. The minimum atomic E-state index is -0.287. The molecule has 0 spiro atoms. The van der Waals surface area contributed by atoms with Crippen LogP contribution in [0, 0.1) is 5.82 Å². The predicted octanol–water partition coefficient (Wildman–Crippen LogP) is 2.98. The Morgan fingerprint density at radius 3 is 2.48 bits per heavy atom. The maximum absolute atomic E-state index is 13.6. The van der Waals surface area contributed by atoms with E-state index in [1.165, 1.54) is 12.1 Å². The lowest BCUT2D eigenvalue weighted by Crippen LogP contribution is -2.49. The molecule has 0 aliphatic carbocycles. The number of halogens is 1. The Hall–Kier alpha value is -3.81. The average Bonchev–Trinajstić information content (AvgIpc) is 3.18. The summed E-state index contributed by atoms with van der Waals surface area (Å²) in [5.41, 5.74) is 2.08. The van der Waals surface area contributed by atoms with Gasteiger partial charge in [0, 0.05) is 44.0 Å². The molecule has 31 heavy (non-hydrogen) atoms. The maximum atomic E-state index is 13.6. The molecule has 1 aliphatic heterocycles. The fourth-order valence-electron chi connectivity index (χ4n) is 3.93. The number of carbonyl (C=O) groups excluding carboxylic acids is 1. The van der Waals surface area contributed by atoms with E-state index < -0.39 is 0 Å². The van der Waals surface area contributed by atoms with Gasteiger partial charge in [-0.05, 0) is 29.8 Å². The van der Waals surface area contributed by atoms with E-state index in [0.29, 0.717) is 44.4 Å². The van der Waals surface area contributed by atoms with Gasteiger partial charge in [-0.3, -0.25) is 9.48 Å². The van der Waals surface area contributed by atoms with E-state index in [1.54, 1.807) is 29.2 Å². The molecule has 1 amide bonds. The van der Waals surface area contributed by atoms with Crippen LogP contribution in [0.4, 0.5) is 10.3 Å². The van der Waals surface area contributed by atoms with Crippen LogP contribution in [0.15, 0.2) is 67.0 Å². The molecule has 0 N–H and O–H groups in total. The molecule has 0 radical (unpaired) electrons. The van der Waals surface area contributed by atoms with Gasteiger partial charge >= 0.3 is 0 Å². The second-order valence-corrected chi connectivity index (χ2v) is 7.48. The number of hydrogen-bond acceptors (Lipinski definition) is 5. The molecule has 0 atom stereocenters. The topological polar surface area (TPSA) is 67.2 Å². The second kappa shape index (κ2) is 8.14. The van der Waals surface area contributed by atoms with Gasteiger partial charge in [0.25, 0.3) is 5.91 Å². The van der Waals surface area contributed by atoms with Crippen LogP contribution in [0.25, 0.3) is 10.9 Å². The van der Waals surface area contributed by atoms with E-state index in [2.05, 4.69) is 20.0 Å². The van der Waals surface area contributed by atoms with Crippen molar-refractivity contribution in [2.75, 3.05) is 31.1 Å². The summed E-state index contributed by atoms with van der Waals surface area (Å²) >= 11 is 0. The van der Waals surface area contributed by atoms with Crippen molar-refractivity contribution in [2.45, 2.75) is 6.54 Å². The Bertz CT molecular complexity index is 1220. The first-order valence-corrected chi connectivity index (χ1v) is 10.2. The molecule has 8 heteroatoms. The monoisotopic (exact) mass is 416 g/mol. The van der Waals surface area contributed by atoms with Gasteiger partial charge in [-0.1, -0.05) is 30.3 Å². The summed E-state index contributed by atoms with van der Waals surface area (Å²) in [4.78, 5) is 25.8. The van der Waals surface area contributed by atoms with Crippen molar-refractivity contribution in [3.8, 4) is 0 Å². The third-order valence-corrected chi connectivity index (χ3v) is 5.48. The Morgan fingerprint density at radius 2 is 1.71 bits per heavy atom. The maximum Gasteiger partial charge on any atom is 0.275 e. The van der Waals surface area contributed by atoms with Gasteiger partial charge < -0.3 is 9.80 Å². The quantitative estimate of drug-likeness (QED) is 0.512. The van der Waals surface area contributed by atoms with Crippen LogP contribution >= 0.6 is 0 Å². The lowest BCUT2D eigenvalue weighted by atomic mass is 10.1. The van der Waals surface area contributed by atoms with Gasteiger partial charge in [-0.25, -0.2) is 14.4 Å². The number of aromatic nitrogens is 4. The highest BCUT2D eigenvalue weighted by atomic mass is 19.1. The number of fused-ring (bicyclic) bond motifs is 1. The standard InChI is InChI=1S/C23H21FN6O/c24-18-6-3-5-17(15-18)16-30-20-8-2-1-7-19(20)21(27-30)22(31)28-11-13-29(14-12-28)23-25-9-4-10-26-23/h1-10,15H,11-14,16H2. The Labute approximate surface area is 178 Å². The molecule has 3 heterocycles. The molecule has 0 unspecified atom stereocenters. The number of anilines is 1. The highest BCUT2D eigenvalue weighted by Crippen LogP contribution is 2.22. The van der Waals surface area contributed by atoms with Crippen LogP contribution in [0.1, 0.15) is 16.1 Å². The van der Waals surface area contributed by atoms with Crippen molar-refractivity contribution < 1.29 is 9.18 Å². The molecule has 7 nitrogen and oxygen atoms in total. The number of amides is 1. The molecule has 1 saturated heterocycles. The van der Waals surface area contributed by atoms with E-state index in [4.69, 9.17) is 0 Å². The van der Waals surface area contributed by atoms with E-state index in [1.807, 2.05) is 35.2 Å². The van der Waals surface area contributed by atoms with Gasteiger partial charge in [0.1, 0.15) is 5.82 Å². The van der Waals surface area contributed by atoms with Gasteiger partial charge in [0.05, 0.1) is 12.1 Å². The van der Waals surface area contributed by atoms with Gasteiger partial charge in [0.15, 0.2) is 5.69 Å². The third kappa shape index (κ3) is 3.84. The summed E-state index contributed by atoms with van der Waals surface area (Å²) in [6.45, 7) is 2.87. The van der Waals surface area contributed by atoms with Crippen LogP contribution in [0.2, 0.25) is 0 Å². The zero-order valence-electron chi connectivity index (χ0n) is 16.9. The molecule has 156 valence electrons. The Morgan fingerprint density at radius 1 is 0.935 bits per heavy atom. The van der Waals surface area contributed by atoms with Crippen LogP contribution in [-0.4, -0.2) is 56.7 Å². The van der Waals surface area contributed by atoms with Crippen LogP contribution in [-0.2, 0) is 6.54 Å². The molecule has 2 aromatic carbocycles. The summed E-state index contributed by atoms with van der Waals surface area (Å²) in [7, 11) is 0. The number of carbonyl (C=O) groups is 1. The van der Waals surface area contributed by atoms with E-state index in [-0.39, 0.29) is 11.7 Å². The summed E-state index contributed by atoms with van der Waals surface area (Å²) in [5.74, 6) is 0.299. The summed E-state index contributed by atoms with van der Waals surface area (Å²) < 4.78 is 15.4. The molecule has 1 fully saturated rings. The van der Waals surface area contributed by atoms with Gasteiger partial charge in [-0.15, -0.1) is 0 Å². The highest BCUT2D eigenvalue weighted by molar-refractivity contribution is 6.05. The molecule has 2 aromatic heterocycles. The fraction of sp³-hybridized carbons (Fsp3) is 0.217. The lowest BCUT2D eigenvalue weighted by molar-refractivity contribution is 0.0741. The SMILES string of the molecule is O=C(c1nn(Cc2cccc(F)c2)c2ccccc12)N1CCN(c2ncccn2)CC1. The van der Waals surface area contributed by atoms with E-state index in [0.717, 1.165) is 16.5 Å².